The number of aliphatic hydroxyl groups is 1. The van der Waals surface area contributed by atoms with Crippen LogP contribution in [0.5, 0.6) is 5.75 Å². The first-order valence-electron chi connectivity index (χ1n) is 7.20. The number of rotatable bonds is 7. The first-order chi connectivity index (χ1) is 11.1. The van der Waals surface area contributed by atoms with Gasteiger partial charge >= 0.3 is 0 Å². The Labute approximate surface area is 134 Å². The van der Waals surface area contributed by atoms with Gasteiger partial charge in [-0.2, -0.15) is 0 Å². The molecule has 0 unspecified atom stereocenters. The van der Waals surface area contributed by atoms with E-state index in [-0.39, 0.29) is 31.4 Å². The maximum absolute atomic E-state index is 13.3. The molecule has 0 aromatic heterocycles. The number of carbonyl (C=O) groups is 1. The standard InChI is InChI=1S/C17H19FN2O3/c1-20(14-5-3-2-4-6-14)17(22)12-19-15-8-7-13(18)11-16(15)23-10-9-21/h2-8,11,19,21H,9-10,12H2,1H3. The predicted molar refractivity (Wildman–Crippen MR) is 87.3 cm³/mol. The maximum atomic E-state index is 13.3. The Bertz CT molecular complexity index is 650. The summed E-state index contributed by atoms with van der Waals surface area (Å²) < 4.78 is 18.5. The lowest BCUT2D eigenvalue weighted by atomic mass is 10.2. The zero-order valence-corrected chi connectivity index (χ0v) is 12.8. The number of likely N-dealkylation sites (N-methyl/N-ethyl adjacent to an activating group) is 1. The number of carbonyl (C=O) groups excluding carboxylic acids is 1. The highest BCUT2D eigenvalue weighted by Gasteiger charge is 2.12. The van der Waals surface area contributed by atoms with Crippen molar-refractivity contribution in [3.8, 4) is 5.75 Å². The predicted octanol–water partition coefficient (Wildman–Crippen LogP) is 2.27. The maximum Gasteiger partial charge on any atom is 0.246 e. The van der Waals surface area contributed by atoms with Crippen LogP contribution in [0.3, 0.4) is 0 Å². The summed E-state index contributed by atoms with van der Waals surface area (Å²) >= 11 is 0. The molecular weight excluding hydrogens is 299 g/mol. The average Bonchev–Trinajstić information content (AvgIpc) is 2.58. The molecule has 0 atom stereocenters. The second-order valence-corrected chi connectivity index (χ2v) is 4.85. The molecule has 1 amide bonds. The van der Waals surface area contributed by atoms with Crippen molar-refractivity contribution >= 4 is 17.3 Å². The van der Waals surface area contributed by atoms with Gasteiger partial charge in [0.15, 0.2) is 0 Å². The lowest BCUT2D eigenvalue weighted by molar-refractivity contribution is -0.116. The highest BCUT2D eigenvalue weighted by Crippen LogP contribution is 2.25. The monoisotopic (exact) mass is 318 g/mol. The molecule has 0 fully saturated rings. The van der Waals surface area contributed by atoms with E-state index < -0.39 is 5.82 Å². The Morgan fingerprint density at radius 3 is 2.70 bits per heavy atom. The minimum Gasteiger partial charge on any atom is -0.489 e. The van der Waals surface area contributed by atoms with Gasteiger partial charge in [-0.3, -0.25) is 4.79 Å². The first-order valence-corrected chi connectivity index (χ1v) is 7.20. The van der Waals surface area contributed by atoms with Crippen LogP contribution < -0.4 is 15.0 Å². The van der Waals surface area contributed by atoms with E-state index in [4.69, 9.17) is 9.84 Å². The van der Waals surface area contributed by atoms with Crippen molar-refractivity contribution < 1.29 is 19.0 Å². The van der Waals surface area contributed by atoms with Crippen LogP contribution in [0.2, 0.25) is 0 Å². The Kier molecular flexibility index (Phi) is 5.94. The molecule has 2 N–H and O–H groups in total. The minimum atomic E-state index is -0.448. The van der Waals surface area contributed by atoms with Crippen molar-refractivity contribution in [2.24, 2.45) is 0 Å². The zero-order chi connectivity index (χ0) is 16.7. The van der Waals surface area contributed by atoms with Crippen molar-refractivity contribution in [2.75, 3.05) is 37.0 Å². The molecule has 0 radical (unpaired) electrons. The third-order valence-electron chi connectivity index (χ3n) is 3.24. The highest BCUT2D eigenvalue weighted by molar-refractivity contribution is 5.95. The summed E-state index contributed by atoms with van der Waals surface area (Å²) in [5.41, 5.74) is 1.28. The van der Waals surface area contributed by atoms with Gasteiger partial charge in [0.2, 0.25) is 5.91 Å². The fourth-order valence-corrected chi connectivity index (χ4v) is 2.00. The Morgan fingerprint density at radius 1 is 1.26 bits per heavy atom. The van der Waals surface area contributed by atoms with Gasteiger partial charge in [0.1, 0.15) is 18.2 Å². The van der Waals surface area contributed by atoms with E-state index >= 15 is 0 Å². The van der Waals surface area contributed by atoms with Crippen LogP contribution in [0.4, 0.5) is 15.8 Å². The van der Waals surface area contributed by atoms with Crippen LogP contribution in [0.25, 0.3) is 0 Å². The first kappa shape index (κ1) is 16.8. The number of benzene rings is 2. The van der Waals surface area contributed by atoms with Crippen LogP contribution >= 0.6 is 0 Å². The topological polar surface area (TPSA) is 61.8 Å². The van der Waals surface area contributed by atoms with E-state index in [2.05, 4.69) is 5.32 Å². The molecule has 5 nitrogen and oxygen atoms in total. The summed E-state index contributed by atoms with van der Waals surface area (Å²) in [5.74, 6) is -0.334. The van der Waals surface area contributed by atoms with E-state index in [1.165, 1.54) is 23.1 Å². The molecule has 122 valence electrons. The largest absolute Gasteiger partial charge is 0.489 e. The van der Waals surface area contributed by atoms with Gasteiger partial charge in [0.25, 0.3) is 0 Å². The fourth-order valence-electron chi connectivity index (χ4n) is 2.00. The molecule has 0 saturated carbocycles. The van der Waals surface area contributed by atoms with Gasteiger partial charge < -0.3 is 20.1 Å². The van der Waals surface area contributed by atoms with Crippen LogP contribution in [0.1, 0.15) is 0 Å². The fraction of sp³-hybridized carbons (Fsp3) is 0.235. The molecule has 2 rings (SSSR count). The number of para-hydroxylation sites is 1. The lowest BCUT2D eigenvalue weighted by Gasteiger charge is -2.19. The van der Waals surface area contributed by atoms with Crippen molar-refractivity contribution in [1.82, 2.24) is 0 Å². The minimum absolute atomic E-state index is 0.0342. The quantitative estimate of drug-likeness (QED) is 0.822. The third-order valence-corrected chi connectivity index (χ3v) is 3.24. The summed E-state index contributed by atoms with van der Waals surface area (Å²) in [4.78, 5) is 13.8. The number of ether oxygens (including phenoxy) is 1. The van der Waals surface area contributed by atoms with Crippen LogP contribution in [-0.2, 0) is 4.79 Å². The molecule has 0 heterocycles. The number of anilines is 2. The molecule has 23 heavy (non-hydrogen) atoms. The molecule has 0 saturated heterocycles. The van der Waals surface area contributed by atoms with Crippen LogP contribution in [-0.4, -0.2) is 37.8 Å². The molecule has 2 aromatic rings. The van der Waals surface area contributed by atoms with Gasteiger partial charge in [-0.1, -0.05) is 18.2 Å². The smallest absolute Gasteiger partial charge is 0.246 e. The van der Waals surface area contributed by atoms with E-state index in [1.54, 1.807) is 7.05 Å². The van der Waals surface area contributed by atoms with Gasteiger partial charge in [0, 0.05) is 18.8 Å². The van der Waals surface area contributed by atoms with Crippen molar-refractivity contribution in [1.29, 1.82) is 0 Å². The summed E-state index contributed by atoms with van der Waals surface area (Å²) in [6.45, 7) is -0.0891. The van der Waals surface area contributed by atoms with Gasteiger partial charge in [-0.25, -0.2) is 4.39 Å². The van der Waals surface area contributed by atoms with Crippen LogP contribution in [0.15, 0.2) is 48.5 Å². The zero-order valence-electron chi connectivity index (χ0n) is 12.8. The number of nitrogens with zero attached hydrogens (tertiary/aromatic N) is 1. The number of hydrogen-bond acceptors (Lipinski definition) is 4. The van der Waals surface area contributed by atoms with Crippen molar-refractivity contribution in [2.45, 2.75) is 0 Å². The molecule has 6 heteroatoms. The molecule has 2 aromatic carbocycles. The third kappa shape index (κ3) is 4.69. The van der Waals surface area contributed by atoms with Crippen molar-refractivity contribution in [3.05, 3.63) is 54.3 Å². The number of halogens is 1. The summed E-state index contributed by atoms with van der Waals surface area (Å²) in [7, 11) is 1.69. The molecule has 0 aliphatic rings. The van der Waals surface area contributed by atoms with E-state index in [9.17, 15) is 9.18 Å². The Balaban J connectivity index is 2.01. The highest BCUT2D eigenvalue weighted by atomic mass is 19.1. The summed E-state index contributed by atoms with van der Waals surface area (Å²) in [6.07, 6.45) is 0. The SMILES string of the molecule is CN(C(=O)CNc1ccc(F)cc1OCCO)c1ccccc1. The molecule has 0 bridgehead atoms. The van der Waals surface area contributed by atoms with Gasteiger partial charge in [-0.05, 0) is 24.3 Å². The lowest BCUT2D eigenvalue weighted by Crippen LogP contribution is -2.32. The average molecular weight is 318 g/mol. The number of hydrogen-bond donors (Lipinski definition) is 2. The normalized spacial score (nSPS) is 10.2. The number of amides is 1. The van der Waals surface area contributed by atoms with E-state index in [1.807, 2.05) is 30.3 Å². The molecular formula is C17H19FN2O3. The van der Waals surface area contributed by atoms with Crippen molar-refractivity contribution in [3.63, 3.8) is 0 Å². The van der Waals surface area contributed by atoms with E-state index in [0.29, 0.717) is 5.69 Å². The second-order valence-electron chi connectivity index (χ2n) is 4.85. The second kappa shape index (κ2) is 8.14. The number of aliphatic hydroxyl groups excluding tert-OH is 1. The Morgan fingerprint density at radius 2 is 2.00 bits per heavy atom. The summed E-state index contributed by atoms with van der Waals surface area (Å²) in [5, 5.41) is 11.7. The van der Waals surface area contributed by atoms with Gasteiger partial charge in [0.05, 0.1) is 18.8 Å². The van der Waals surface area contributed by atoms with Gasteiger partial charge in [-0.15, -0.1) is 0 Å². The van der Waals surface area contributed by atoms with Crippen LogP contribution in [0, 0.1) is 5.82 Å². The molecule has 0 aliphatic heterocycles. The number of nitrogens with one attached hydrogen (secondary N) is 1. The molecule has 0 aliphatic carbocycles. The summed E-state index contributed by atoms with van der Waals surface area (Å²) in [6, 6.07) is 13.3. The molecule has 0 spiro atoms. The van der Waals surface area contributed by atoms with E-state index in [0.717, 1.165) is 5.69 Å². The Hall–Kier alpha value is -2.60.